The molecule has 0 spiro atoms. The minimum Gasteiger partial charge on any atom is -0.379 e. The van der Waals surface area contributed by atoms with Crippen molar-refractivity contribution < 1.29 is 9.76 Å². The van der Waals surface area contributed by atoms with Gasteiger partial charge in [0.15, 0.2) is 5.71 Å². The summed E-state index contributed by atoms with van der Waals surface area (Å²) in [6.07, 6.45) is -0.688. The maximum atomic E-state index is 11.5. The van der Waals surface area contributed by atoms with Crippen molar-refractivity contribution in [2.45, 2.75) is 12.1 Å². The highest BCUT2D eigenvalue weighted by Crippen LogP contribution is 2.32. The summed E-state index contributed by atoms with van der Waals surface area (Å²) in [6, 6.07) is 15.6. The van der Waals surface area contributed by atoms with Gasteiger partial charge in [-0.1, -0.05) is 47.6 Å². The lowest BCUT2D eigenvalue weighted by Crippen LogP contribution is -2.32. The fourth-order valence-electron chi connectivity index (χ4n) is 2.31. The predicted molar refractivity (Wildman–Crippen MR) is 86.7 cm³/mol. The highest BCUT2D eigenvalue weighted by Gasteiger charge is 2.45. The SMILES string of the molecule is O=[N+]([O-])C1C(c2ccccc2)=NOC1c1ccc(I)cc1. The van der Waals surface area contributed by atoms with Crippen LogP contribution < -0.4 is 0 Å². The summed E-state index contributed by atoms with van der Waals surface area (Å²) in [4.78, 5) is 16.5. The topological polar surface area (TPSA) is 64.7 Å². The molecule has 1 aliphatic rings. The first-order chi connectivity index (χ1) is 10.2. The quantitative estimate of drug-likeness (QED) is 0.455. The maximum absolute atomic E-state index is 11.5. The molecule has 6 heteroatoms. The highest BCUT2D eigenvalue weighted by molar-refractivity contribution is 14.1. The lowest BCUT2D eigenvalue weighted by atomic mass is 9.95. The zero-order valence-corrected chi connectivity index (χ0v) is 13.0. The molecule has 0 radical (unpaired) electrons. The summed E-state index contributed by atoms with van der Waals surface area (Å²) in [7, 11) is 0. The minimum absolute atomic E-state index is 0.332. The van der Waals surface area contributed by atoms with Gasteiger partial charge < -0.3 is 4.84 Å². The summed E-state index contributed by atoms with van der Waals surface area (Å²) in [6.45, 7) is 0. The van der Waals surface area contributed by atoms with Crippen LogP contribution in [0.4, 0.5) is 0 Å². The molecular formula is C15H11IN2O3. The average Bonchev–Trinajstić information content (AvgIpc) is 2.94. The van der Waals surface area contributed by atoms with Gasteiger partial charge >= 0.3 is 6.04 Å². The normalized spacial score (nSPS) is 20.7. The third-order valence-electron chi connectivity index (χ3n) is 3.33. The Kier molecular flexibility index (Phi) is 3.87. The van der Waals surface area contributed by atoms with Crippen LogP contribution in [0.1, 0.15) is 17.2 Å². The van der Waals surface area contributed by atoms with Crippen LogP contribution in [-0.4, -0.2) is 16.7 Å². The monoisotopic (exact) mass is 394 g/mol. The maximum Gasteiger partial charge on any atom is 0.301 e. The summed E-state index contributed by atoms with van der Waals surface area (Å²) in [5.41, 5.74) is 1.84. The minimum atomic E-state index is -0.993. The van der Waals surface area contributed by atoms with E-state index >= 15 is 0 Å². The Morgan fingerprint density at radius 1 is 1.10 bits per heavy atom. The zero-order valence-electron chi connectivity index (χ0n) is 10.8. The van der Waals surface area contributed by atoms with Crippen molar-refractivity contribution in [1.29, 1.82) is 0 Å². The Hall–Kier alpha value is -1.96. The Morgan fingerprint density at radius 2 is 1.76 bits per heavy atom. The van der Waals surface area contributed by atoms with Crippen LogP contribution in [0, 0.1) is 13.7 Å². The first kappa shape index (κ1) is 14.0. The molecule has 0 saturated heterocycles. The molecule has 3 rings (SSSR count). The molecule has 0 N–H and O–H groups in total. The van der Waals surface area contributed by atoms with E-state index < -0.39 is 12.1 Å². The van der Waals surface area contributed by atoms with Crippen LogP contribution in [0.25, 0.3) is 0 Å². The number of benzene rings is 2. The number of nitro groups is 1. The summed E-state index contributed by atoms with van der Waals surface area (Å²) >= 11 is 2.19. The Balaban J connectivity index is 1.95. The fraction of sp³-hybridized carbons (Fsp3) is 0.133. The second-order valence-electron chi connectivity index (χ2n) is 4.65. The van der Waals surface area contributed by atoms with E-state index in [0.717, 1.165) is 9.13 Å². The molecule has 0 saturated carbocycles. The number of hydrogen-bond donors (Lipinski definition) is 0. The van der Waals surface area contributed by atoms with Gasteiger partial charge in [-0.05, 0) is 34.7 Å². The molecule has 0 amide bonds. The van der Waals surface area contributed by atoms with Gasteiger partial charge in [-0.25, -0.2) is 0 Å². The molecule has 2 aromatic carbocycles. The van der Waals surface area contributed by atoms with E-state index in [-0.39, 0.29) is 4.92 Å². The molecule has 0 aromatic heterocycles. The van der Waals surface area contributed by atoms with Crippen LogP contribution in [0.5, 0.6) is 0 Å². The highest BCUT2D eigenvalue weighted by atomic mass is 127. The van der Waals surface area contributed by atoms with E-state index in [1.54, 1.807) is 12.1 Å². The van der Waals surface area contributed by atoms with Crippen molar-refractivity contribution in [2.75, 3.05) is 0 Å². The lowest BCUT2D eigenvalue weighted by molar-refractivity contribution is -0.512. The summed E-state index contributed by atoms with van der Waals surface area (Å²) in [5.74, 6) is 0. The second-order valence-corrected chi connectivity index (χ2v) is 5.90. The first-order valence-corrected chi connectivity index (χ1v) is 7.43. The third kappa shape index (κ3) is 2.76. The Morgan fingerprint density at radius 3 is 2.38 bits per heavy atom. The van der Waals surface area contributed by atoms with Crippen LogP contribution in [0.3, 0.4) is 0 Å². The first-order valence-electron chi connectivity index (χ1n) is 6.35. The van der Waals surface area contributed by atoms with Crippen LogP contribution in [0.15, 0.2) is 59.8 Å². The molecule has 106 valence electrons. The molecule has 21 heavy (non-hydrogen) atoms. The summed E-state index contributed by atoms with van der Waals surface area (Å²) in [5, 5.41) is 15.4. The molecule has 1 aliphatic heterocycles. The molecule has 1 heterocycles. The van der Waals surface area contributed by atoms with Crippen molar-refractivity contribution in [3.05, 3.63) is 79.4 Å². The van der Waals surface area contributed by atoms with Gasteiger partial charge in [-0.3, -0.25) is 10.1 Å². The van der Waals surface area contributed by atoms with Crippen LogP contribution in [-0.2, 0) is 4.84 Å². The van der Waals surface area contributed by atoms with Crippen molar-refractivity contribution in [2.24, 2.45) is 5.16 Å². The van der Waals surface area contributed by atoms with Crippen LogP contribution in [0.2, 0.25) is 0 Å². The molecule has 2 unspecified atom stereocenters. The van der Waals surface area contributed by atoms with Gasteiger partial charge in [-0.2, -0.15) is 0 Å². The van der Waals surface area contributed by atoms with Crippen molar-refractivity contribution >= 4 is 28.3 Å². The van der Waals surface area contributed by atoms with E-state index in [2.05, 4.69) is 27.7 Å². The largest absolute Gasteiger partial charge is 0.379 e. The fourth-order valence-corrected chi connectivity index (χ4v) is 2.67. The molecule has 0 aliphatic carbocycles. The molecule has 2 atom stereocenters. The van der Waals surface area contributed by atoms with E-state index in [4.69, 9.17) is 4.84 Å². The number of nitrogens with zero attached hydrogens (tertiary/aromatic N) is 2. The average molecular weight is 394 g/mol. The van der Waals surface area contributed by atoms with Gasteiger partial charge in [0.1, 0.15) is 0 Å². The Bertz CT molecular complexity index is 686. The number of rotatable bonds is 3. The third-order valence-corrected chi connectivity index (χ3v) is 4.05. The van der Waals surface area contributed by atoms with Gasteiger partial charge in [0.05, 0.1) is 0 Å². The number of halogens is 1. The predicted octanol–water partition coefficient (Wildman–Crippen LogP) is 3.41. The van der Waals surface area contributed by atoms with E-state index in [1.165, 1.54) is 0 Å². The molecule has 5 nitrogen and oxygen atoms in total. The van der Waals surface area contributed by atoms with Gasteiger partial charge in [0, 0.05) is 19.6 Å². The van der Waals surface area contributed by atoms with Crippen molar-refractivity contribution in [3.8, 4) is 0 Å². The molecule has 0 fully saturated rings. The zero-order chi connectivity index (χ0) is 14.8. The van der Waals surface area contributed by atoms with Crippen molar-refractivity contribution in [3.63, 3.8) is 0 Å². The van der Waals surface area contributed by atoms with Gasteiger partial charge in [-0.15, -0.1) is 0 Å². The van der Waals surface area contributed by atoms with Gasteiger partial charge in [0.25, 0.3) is 0 Å². The molecule has 2 aromatic rings. The smallest absolute Gasteiger partial charge is 0.301 e. The number of hydrogen-bond acceptors (Lipinski definition) is 4. The van der Waals surface area contributed by atoms with E-state index in [9.17, 15) is 10.1 Å². The van der Waals surface area contributed by atoms with Crippen molar-refractivity contribution in [1.82, 2.24) is 0 Å². The molecule has 0 bridgehead atoms. The lowest BCUT2D eigenvalue weighted by Gasteiger charge is -2.12. The summed E-state index contributed by atoms with van der Waals surface area (Å²) < 4.78 is 1.07. The van der Waals surface area contributed by atoms with E-state index in [0.29, 0.717) is 11.3 Å². The van der Waals surface area contributed by atoms with E-state index in [1.807, 2.05) is 42.5 Å². The second kappa shape index (κ2) is 5.80. The van der Waals surface area contributed by atoms with Gasteiger partial charge in [0.2, 0.25) is 6.10 Å². The standard InChI is InChI=1S/C15H11IN2O3/c16-12-8-6-11(7-9-12)15-14(18(19)20)13(17-21-15)10-4-2-1-3-5-10/h1-9,14-15H. The van der Waals surface area contributed by atoms with Crippen LogP contribution >= 0.6 is 22.6 Å². The molecular weight excluding hydrogens is 383 g/mol. The Labute approximate surface area is 134 Å². The number of oxime groups is 1.